The Balaban J connectivity index is 1.71. The highest BCUT2D eigenvalue weighted by Crippen LogP contribution is 2.44. The molecule has 3 rings (SSSR count). The van der Waals surface area contributed by atoms with Gasteiger partial charge in [0.15, 0.2) is 11.5 Å². The first-order chi connectivity index (χ1) is 9.71. The fourth-order valence-corrected chi connectivity index (χ4v) is 3.65. The van der Waals surface area contributed by atoms with E-state index in [1.54, 1.807) is 32.4 Å². The van der Waals surface area contributed by atoms with E-state index in [-0.39, 0.29) is 5.91 Å². The molecule has 2 aliphatic carbocycles. The number of rotatable bonds is 4. The summed E-state index contributed by atoms with van der Waals surface area (Å²) in [6.45, 7) is 0. The maximum absolute atomic E-state index is 12.3. The lowest BCUT2D eigenvalue weighted by atomic mass is 9.95. The second-order valence-corrected chi connectivity index (χ2v) is 5.82. The van der Waals surface area contributed by atoms with Crippen LogP contribution in [0.3, 0.4) is 0 Å². The zero-order chi connectivity index (χ0) is 14.1. The van der Waals surface area contributed by atoms with Crippen LogP contribution in [-0.2, 0) is 0 Å². The van der Waals surface area contributed by atoms with Gasteiger partial charge in [0.25, 0.3) is 5.91 Å². The molecule has 0 radical (unpaired) electrons. The summed E-state index contributed by atoms with van der Waals surface area (Å²) in [7, 11) is 3.17. The predicted octanol–water partition coefficient (Wildman–Crippen LogP) is 2.62. The molecule has 108 valence electrons. The molecule has 1 amide bonds. The van der Waals surface area contributed by atoms with Crippen LogP contribution in [0.25, 0.3) is 0 Å². The number of amides is 1. The molecule has 0 aliphatic heterocycles. The average Bonchev–Trinajstić information content (AvgIpc) is 3.09. The van der Waals surface area contributed by atoms with Crippen molar-refractivity contribution < 1.29 is 14.3 Å². The van der Waals surface area contributed by atoms with E-state index in [4.69, 9.17) is 9.47 Å². The highest BCUT2D eigenvalue weighted by molar-refractivity contribution is 5.95. The molecule has 2 fully saturated rings. The van der Waals surface area contributed by atoms with Crippen molar-refractivity contribution in [2.45, 2.75) is 31.7 Å². The summed E-state index contributed by atoms with van der Waals surface area (Å²) in [5.41, 5.74) is 0.630. The van der Waals surface area contributed by atoms with Crippen molar-refractivity contribution in [1.82, 2.24) is 5.32 Å². The normalized spacial score (nSPS) is 27.4. The molecule has 0 spiro atoms. The summed E-state index contributed by atoms with van der Waals surface area (Å²) in [6.07, 6.45) is 5.04. The summed E-state index contributed by atoms with van der Waals surface area (Å²) in [5.74, 6) is 2.74. The van der Waals surface area contributed by atoms with Crippen molar-refractivity contribution in [1.29, 1.82) is 0 Å². The number of methoxy groups -OCH3 is 2. The van der Waals surface area contributed by atoms with Crippen molar-refractivity contribution in [3.05, 3.63) is 23.8 Å². The third kappa shape index (κ3) is 2.35. The number of carbonyl (C=O) groups excluding carboxylic acids is 1. The zero-order valence-corrected chi connectivity index (χ0v) is 12.0. The number of carbonyl (C=O) groups is 1. The van der Waals surface area contributed by atoms with Crippen molar-refractivity contribution in [2.24, 2.45) is 11.8 Å². The van der Waals surface area contributed by atoms with Crippen LogP contribution in [0.4, 0.5) is 0 Å². The van der Waals surface area contributed by atoms with E-state index in [9.17, 15) is 4.79 Å². The van der Waals surface area contributed by atoms with Gasteiger partial charge in [-0.3, -0.25) is 4.79 Å². The van der Waals surface area contributed by atoms with Gasteiger partial charge in [0.05, 0.1) is 14.2 Å². The highest BCUT2D eigenvalue weighted by atomic mass is 16.5. The number of benzene rings is 1. The average molecular weight is 275 g/mol. The topological polar surface area (TPSA) is 47.6 Å². The summed E-state index contributed by atoms with van der Waals surface area (Å²) >= 11 is 0. The fourth-order valence-electron chi connectivity index (χ4n) is 3.65. The first-order valence-corrected chi connectivity index (χ1v) is 7.24. The summed E-state index contributed by atoms with van der Waals surface area (Å²) < 4.78 is 10.4. The quantitative estimate of drug-likeness (QED) is 0.919. The van der Waals surface area contributed by atoms with E-state index >= 15 is 0 Å². The van der Waals surface area contributed by atoms with Crippen molar-refractivity contribution in [3.63, 3.8) is 0 Å². The second kappa shape index (κ2) is 5.35. The molecular formula is C16H21NO3. The van der Waals surface area contributed by atoms with E-state index in [1.807, 2.05) is 0 Å². The number of nitrogens with one attached hydrogen (secondary N) is 1. The van der Waals surface area contributed by atoms with E-state index in [0.29, 0.717) is 29.0 Å². The minimum absolute atomic E-state index is 0.0106. The van der Waals surface area contributed by atoms with E-state index in [1.165, 1.54) is 19.3 Å². The fraction of sp³-hybridized carbons (Fsp3) is 0.562. The van der Waals surface area contributed by atoms with Crippen LogP contribution < -0.4 is 14.8 Å². The third-order valence-corrected chi connectivity index (χ3v) is 4.70. The molecule has 0 heterocycles. The van der Waals surface area contributed by atoms with Crippen molar-refractivity contribution in [3.8, 4) is 11.5 Å². The molecule has 1 N–H and O–H groups in total. The summed E-state index contributed by atoms with van der Waals surface area (Å²) in [4.78, 5) is 12.3. The molecule has 20 heavy (non-hydrogen) atoms. The smallest absolute Gasteiger partial charge is 0.251 e. The number of hydrogen-bond donors (Lipinski definition) is 1. The Morgan fingerprint density at radius 1 is 1.15 bits per heavy atom. The summed E-state index contributed by atoms with van der Waals surface area (Å²) in [5, 5.41) is 3.18. The van der Waals surface area contributed by atoms with Gasteiger partial charge in [-0.25, -0.2) is 0 Å². The zero-order valence-electron chi connectivity index (χ0n) is 12.0. The van der Waals surface area contributed by atoms with Gasteiger partial charge in [-0.1, -0.05) is 6.42 Å². The Hall–Kier alpha value is -1.71. The Morgan fingerprint density at radius 3 is 2.55 bits per heavy atom. The monoisotopic (exact) mass is 275 g/mol. The van der Waals surface area contributed by atoms with Crippen LogP contribution in [0, 0.1) is 11.8 Å². The van der Waals surface area contributed by atoms with Crippen molar-refractivity contribution >= 4 is 5.91 Å². The minimum atomic E-state index is -0.0106. The predicted molar refractivity (Wildman–Crippen MR) is 76.2 cm³/mol. The number of fused-ring (bicyclic) bond motifs is 2. The lowest BCUT2D eigenvalue weighted by Crippen LogP contribution is -2.38. The molecule has 2 bridgehead atoms. The maximum atomic E-state index is 12.3. The lowest BCUT2D eigenvalue weighted by Gasteiger charge is -2.23. The van der Waals surface area contributed by atoms with E-state index < -0.39 is 0 Å². The largest absolute Gasteiger partial charge is 0.493 e. The Morgan fingerprint density at radius 2 is 1.95 bits per heavy atom. The van der Waals surface area contributed by atoms with Gasteiger partial charge in [0, 0.05) is 11.6 Å². The van der Waals surface area contributed by atoms with Crippen LogP contribution in [0.2, 0.25) is 0 Å². The highest BCUT2D eigenvalue weighted by Gasteiger charge is 2.40. The van der Waals surface area contributed by atoms with Gasteiger partial charge < -0.3 is 14.8 Å². The Kier molecular flexibility index (Phi) is 3.55. The molecule has 0 unspecified atom stereocenters. The van der Waals surface area contributed by atoms with Crippen LogP contribution in [0.1, 0.15) is 36.0 Å². The molecule has 2 aliphatic rings. The van der Waals surface area contributed by atoms with Gasteiger partial charge >= 0.3 is 0 Å². The molecule has 0 saturated heterocycles. The standard InChI is InChI=1S/C16H21NO3/c1-19-14-6-5-12(9-15(14)20-2)16(18)17-13-8-10-3-4-11(13)7-10/h5-6,9-11,13H,3-4,7-8H2,1-2H3,(H,17,18)/t10-,11-,13+/m0/s1. The van der Waals surface area contributed by atoms with Gasteiger partial charge in [-0.2, -0.15) is 0 Å². The maximum Gasteiger partial charge on any atom is 0.251 e. The first-order valence-electron chi connectivity index (χ1n) is 7.24. The molecule has 3 atom stereocenters. The van der Waals surface area contributed by atoms with Crippen molar-refractivity contribution in [2.75, 3.05) is 14.2 Å². The molecule has 0 aromatic heterocycles. The molecule has 2 saturated carbocycles. The third-order valence-electron chi connectivity index (χ3n) is 4.70. The second-order valence-electron chi connectivity index (χ2n) is 5.82. The SMILES string of the molecule is COc1ccc(C(=O)N[C@@H]2C[C@H]3CC[C@H]2C3)cc1OC. The number of ether oxygens (including phenoxy) is 2. The van der Waals surface area contributed by atoms with Crippen LogP contribution in [-0.4, -0.2) is 26.2 Å². The lowest BCUT2D eigenvalue weighted by molar-refractivity contribution is 0.0922. The van der Waals surface area contributed by atoms with Crippen LogP contribution in [0.15, 0.2) is 18.2 Å². The van der Waals surface area contributed by atoms with Gasteiger partial charge in [0.1, 0.15) is 0 Å². The molecule has 1 aromatic rings. The molecule has 4 heteroatoms. The first kappa shape index (κ1) is 13.3. The number of hydrogen-bond acceptors (Lipinski definition) is 3. The molecule has 1 aromatic carbocycles. The van der Waals surface area contributed by atoms with Gasteiger partial charge in [0.2, 0.25) is 0 Å². The van der Waals surface area contributed by atoms with Gasteiger partial charge in [-0.05, 0) is 49.3 Å². The van der Waals surface area contributed by atoms with Crippen LogP contribution in [0.5, 0.6) is 11.5 Å². The van der Waals surface area contributed by atoms with E-state index in [2.05, 4.69) is 5.32 Å². The van der Waals surface area contributed by atoms with Gasteiger partial charge in [-0.15, -0.1) is 0 Å². The Bertz CT molecular complexity index is 514. The van der Waals surface area contributed by atoms with E-state index in [0.717, 1.165) is 12.3 Å². The molecular weight excluding hydrogens is 254 g/mol. The Labute approximate surface area is 119 Å². The minimum Gasteiger partial charge on any atom is -0.493 e. The van der Waals surface area contributed by atoms with Crippen LogP contribution >= 0.6 is 0 Å². The summed E-state index contributed by atoms with van der Waals surface area (Å²) in [6, 6.07) is 5.65. The molecule has 4 nitrogen and oxygen atoms in total.